The molecule has 39 heavy (non-hydrogen) atoms. The van der Waals surface area contributed by atoms with Gasteiger partial charge in [0.2, 0.25) is 5.91 Å². The van der Waals surface area contributed by atoms with E-state index >= 15 is 0 Å². The van der Waals surface area contributed by atoms with Gasteiger partial charge in [0.25, 0.3) is 5.22 Å². The van der Waals surface area contributed by atoms with Gasteiger partial charge in [0.05, 0.1) is 12.2 Å². The number of thioether (sulfide) groups is 1. The maximum atomic E-state index is 13.3. The molecule has 3 aromatic heterocycles. The first-order valence-electron chi connectivity index (χ1n) is 14.2. The van der Waals surface area contributed by atoms with Crippen LogP contribution in [-0.4, -0.2) is 102 Å². The Hall–Kier alpha value is -2.89. The van der Waals surface area contributed by atoms with Crippen LogP contribution < -0.4 is 15.1 Å². The van der Waals surface area contributed by atoms with Gasteiger partial charge in [-0.25, -0.2) is 9.97 Å². The van der Waals surface area contributed by atoms with Gasteiger partial charge in [-0.1, -0.05) is 11.8 Å². The van der Waals surface area contributed by atoms with Crippen LogP contribution >= 0.6 is 11.8 Å². The van der Waals surface area contributed by atoms with E-state index in [1.807, 2.05) is 12.1 Å². The number of piperazine rings is 1. The van der Waals surface area contributed by atoms with Gasteiger partial charge in [-0.2, -0.15) is 4.98 Å². The monoisotopic (exact) mass is 550 g/mol. The zero-order chi connectivity index (χ0) is 26.6. The SMILES string of the molecule is Cc1cc(N2CCCC2)c(NC(=O)CN2CCN(CCSc3nc4ncccc4o3)CC2)c(N2CCCC2)n1. The van der Waals surface area contributed by atoms with Crippen molar-refractivity contribution in [2.24, 2.45) is 0 Å². The summed E-state index contributed by atoms with van der Waals surface area (Å²) in [6.45, 7) is 11.2. The summed E-state index contributed by atoms with van der Waals surface area (Å²) in [6, 6.07) is 5.90. The number of nitrogens with one attached hydrogen (secondary N) is 1. The third-order valence-corrected chi connectivity index (χ3v) is 8.64. The normalized spacial score (nSPS) is 18.9. The molecule has 1 amide bonds. The molecule has 0 bridgehead atoms. The van der Waals surface area contributed by atoms with Gasteiger partial charge in [0, 0.05) is 76.5 Å². The van der Waals surface area contributed by atoms with E-state index in [1.165, 1.54) is 25.7 Å². The molecule has 3 fully saturated rings. The van der Waals surface area contributed by atoms with Crippen LogP contribution in [-0.2, 0) is 4.79 Å². The molecule has 0 spiro atoms. The number of aromatic nitrogens is 3. The molecule has 0 aliphatic carbocycles. The molecule has 3 aliphatic rings. The number of pyridine rings is 2. The van der Waals surface area contributed by atoms with Crippen molar-refractivity contribution in [3.63, 3.8) is 0 Å². The Morgan fingerprint density at radius 1 is 0.974 bits per heavy atom. The number of nitrogens with zero attached hydrogens (tertiary/aromatic N) is 7. The Morgan fingerprint density at radius 2 is 1.69 bits per heavy atom. The lowest BCUT2D eigenvalue weighted by Crippen LogP contribution is -2.49. The van der Waals surface area contributed by atoms with E-state index in [4.69, 9.17) is 9.40 Å². The molecular formula is C28H38N8O2S. The fourth-order valence-electron chi connectivity index (χ4n) is 5.75. The van der Waals surface area contributed by atoms with Crippen molar-refractivity contribution in [2.45, 2.75) is 37.8 Å². The molecule has 1 N–H and O–H groups in total. The standard InChI is InChI=1S/C28H38N8O2S/c1-21-19-22(35-9-2-3-10-35)25(27(30-21)36-11-4-5-12-36)31-24(37)20-34-15-13-33(14-16-34)17-18-39-28-32-26-23(38-28)7-6-8-29-26/h6-8,19H,2-5,9-18,20H2,1H3,(H,31,37). The molecule has 0 saturated carbocycles. The summed E-state index contributed by atoms with van der Waals surface area (Å²) >= 11 is 1.63. The number of carbonyl (C=O) groups excluding carboxylic acids is 1. The number of hydrogen-bond acceptors (Lipinski definition) is 10. The third-order valence-electron chi connectivity index (χ3n) is 7.83. The maximum Gasteiger partial charge on any atom is 0.258 e. The molecule has 6 heterocycles. The quantitative estimate of drug-likeness (QED) is 0.399. The highest BCUT2D eigenvalue weighted by atomic mass is 32.2. The first-order valence-corrected chi connectivity index (χ1v) is 15.2. The van der Waals surface area contributed by atoms with E-state index in [2.05, 4.69) is 47.9 Å². The smallest absolute Gasteiger partial charge is 0.258 e. The molecule has 3 aliphatic heterocycles. The summed E-state index contributed by atoms with van der Waals surface area (Å²) in [6.07, 6.45) is 6.48. The molecule has 10 nitrogen and oxygen atoms in total. The van der Waals surface area contributed by atoms with Crippen molar-refractivity contribution < 1.29 is 9.21 Å². The van der Waals surface area contributed by atoms with Crippen molar-refractivity contribution >= 4 is 46.1 Å². The predicted octanol–water partition coefficient (Wildman–Crippen LogP) is 3.48. The van der Waals surface area contributed by atoms with Crippen molar-refractivity contribution in [3.8, 4) is 0 Å². The number of anilines is 3. The van der Waals surface area contributed by atoms with Crippen LogP contribution in [0.4, 0.5) is 17.2 Å². The van der Waals surface area contributed by atoms with Gasteiger partial charge in [-0.15, -0.1) is 0 Å². The zero-order valence-electron chi connectivity index (χ0n) is 22.8. The van der Waals surface area contributed by atoms with Crippen LogP contribution in [0.3, 0.4) is 0 Å². The Morgan fingerprint density at radius 3 is 2.44 bits per heavy atom. The second-order valence-electron chi connectivity index (χ2n) is 10.7. The van der Waals surface area contributed by atoms with Crippen LogP contribution in [0.5, 0.6) is 0 Å². The summed E-state index contributed by atoms with van der Waals surface area (Å²) in [5.74, 6) is 1.90. The largest absolute Gasteiger partial charge is 0.430 e. The zero-order valence-corrected chi connectivity index (χ0v) is 23.6. The van der Waals surface area contributed by atoms with E-state index in [0.717, 1.165) is 93.1 Å². The third kappa shape index (κ3) is 6.31. The summed E-state index contributed by atoms with van der Waals surface area (Å²) in [4.78, 5) is 36.4. The van der Waals surface area contributed by atoms with Gasteiger partial charge in [0.15, 0.2) is 17.0 Å². The second-order valence-corrected chi connectivity index (χ2v) is 11.7. The average molecular weight is 551 g/mol. The molecule has 6 rings (SSSR count). The van der Waals surface area contributed by atoms with Crippen molar-refractivity contribution in [2.75, 3.05) is 86.3 Å². The second kappa shape index (κ2) is 12.1. The van der Waals surface area contributed by atoms with Crippen molar-refractivity contribution in [3.05, 3.63) is 30.1 Å². The molecule has 0 radical (unpaired) electrons. The number of aryl methyl sites for hydroxylation is 1. The number of fused-ring (bicyclic) bond motifs is 1. The minimum absolute atomic E-state index is 0.0510. The van der Waals surface area contributed by atoms with Gasteiger partial charge in [-0.05, 0) is 50.8 Å². The lowest BCUT2D eigenvalue weighted by Gasteiger charge is -2.34. The van der Waals surface area contributed by atoms with Crippen LogP contribution in [0, 0.1) is 6.92 Å². The highest BCUT2D eigenvalue weighted by Crippen LogP contribution is 2.38. The minimum Gasteiger partial charge on any atom is -0.430 e. The molecule has 0 unspecified atom stereocenters. The average Bonchev–Trinajstić information content (AvgIpc) is 3.72. The first kappa shape index (κ1) is 26.3. The predicted molar refractivity (Wildman–Crippen MR) is 156 cm³/mol. The van der Waals surface area contributed by atoms with Crippen molar-refractivity contribution in [1.29, 1.82) is 0 Å². The van der Waals surface area contributed by atoms with E-state index < -0.39 is 0 Å². The van der Waals surface area contributed by atoms with Crippen LogP contribution in [0.25, 0.3) is 11.2 Å². The topological polar surface area (TPSA) is 93.9 Å². The summed E-state index contributed by atoms with van der Waals surface area (Å²) < 4.78 is 5.76. The molecule has 3 saturated heterocycles. The molecule has 0 atom stereocenters. The van der Waals surface area contributed by atoms with E-state index in [1.54, 1.807) is 18.0 Å². The summed E-state index contributed by atoms with van der Waals surface area (Å²) in [7, 11) is 0. The Balaban J connectivity index is 1.02. The summed E-state index contributed by atoms with van der Waals surface area (Å²) in [5.41, 5.74) is 4.44. The van der Waals surface area contributed by atoms with Crippen molar-refractivity contribution in [1.82, 2.24) is 24.8 Å². The summed E-state index contributed by atoms with van der Waals surface area (Å²) in [5, 5.41) is 3.99. The molecule has 3 aromatic rings. The molecule has 11 heteroatoms. The van der Waals surface area contributed by atoms with E-state index in [-0.39, 0.29) is 5.91 Å². The maximum absolute atomic E-state index is 13.3. The lowest BCUT2D eigenvalue weighted by molar-refractivity contribution is -0.117. The highest BCUT2D eigenvalue weighted by Gasteiger charge is 2.26. The van der Waals surface area contributed by atoms with Crippen LogP contribution in [0.1, 0.15) is 31.4 Å². The van der Waals surface area contributed by atoms with Gasteiger partial charge in [0.1, 0.15) is 5.69 Å². The number of hydrogen-bond donors (Lipinski definition) is 1. The van der Waals surface area contributed by atoms with Gasteiger partial charge < -0.3 is 19.5 Å². The van der Waals surface area contributed by atoms with Crippen LogP contribution in [0.2, 0.25) is 0 Å². The molecule has 0 aromatic carbocycles. The number of amides is 1. The fraction of sp³-hybridized carbons (Fsp3) is 0.571. The Bertz CT molecular complexity index is 1210. The highest BCUT2D eigenvalue weighted by molar-refractivity contribution is 7.99. The number of rotatable bonds is 9. The Labute approximate surface area is 234 Å². The van der Waals surface area contributed by atoms with E-state index in [9.17, 15) is 4.79 Å². The fourth-order valence-corrected chi connectivity index (χ4v) is 6.57. The van der Waals surface area contributed by atoms with Gasteiger partial charge >= 0.3 is 0 Å². The van der Waals surface area contributed by atoms with Crippen LogP contribution in [0.15, 0.2) is 34.0 Å². The lowest BCUT2D eigenvalue weighted by atomic mass is 10.2. The van der Waals surface area contributed by atoms with Gasteiger partial charge in [-0.3, -0.25) is 14.6 Å². The first-order chi connectivity index (χ1) is 19.1. The number of carbonyl (C=O) groups is 1. The number of oxazole rings is 1. The minimum atomic E-state index is 0.0510. The Kier molecular flexibility index (Phi) is 8.17. The van der Waals surface area contributed by atoms with E-state index in [0.29, 0.717) is 17.4 Å². The molecular weight excluding hydrogens is 512 g/mol. The molecule has 208 valence electrons.